The van der Waals surface area contributed by atoms with E-state index >= 15 is 0 Å². The van der Waals surface area contributed by atoms with E-state index in [9.17, 15) is 5.26 Å². The number of hydrogen-bond acceptors (Lipinski definition) is 3. The highest BCUT2D eigenvalue weighted by Crippen LogP contribution is 2.48. The maximum atomic E-state index is 10.2. The summed E-state index contributed by atoms with van der Waals surface area (Å²) >= 11 is 3.68. The van der Waals surface area contributed by atoms with E-state index in [0.717, 1.165) is 27.8 Å². The van der Waals surface area contributed by atoms with Crippen LogP contribution in [0.1, 0.15) is 5.56 Å². The molecule has 0 amide bonds. The number of rotatable bonds is 4. The van der Waals surface area contributed by atoms with Crippen LogP contribution in [-0.2, 0) is 0 Å². The van der Waals surface area contributed by atoms with Crippen LogP contribution in [0.4, 0.5) is 0 Å². The van der Waals surface area contributed by atoms with E-state index in [0.29, 0.717) is 5.56 Å². The zero-order valence-corrected chi connectivity index (χ0v) is 26.3. The summed E-state index contributed by atoms with van der Waals surface area (Å²) in [5.41, 5.74) is 9.69. The highest BCUT2D eigenvalue weighted by molar-refractivity contribution is 7.26. The first-order valence-electron chi connectivity index (χ1n) is 15.3. The predicted octanol–water partition coefficient (Wildman–Crippen LogP) is 13.0. The fourth-order valence-corrected chi connectivity index (χ4v) is 9.10. The minimum absolute atomic E-state index is 0.672. The van der Waals surface area contributed by atoms with Gasteiger partial charge in [-0.15, -0.1) is 22.7 Å². The summed E-state index contributed by atoms with van der Waals surface area (Å²) in [6, 6.07) is 56.7. The van der Waals surface area contributed by atoms with Gasteiger partial charge in [0.25, 0.3) is 0 Å². The van der Waals surface area contributed by atoms with Gasteiger partial charge in [-0.1, -0.05) is 103 Å². The Kier molecular flexibility index (Phi) is 6.31. The minimum atomic E-state index is 0.672. The molecule has 0 unspecified atom stereocenters. The minimum Gasteiger partial charge on any atom is -0.192 e. The standard InChI is InChI=1S/C43H25NS2/c44-26-29-13-4-5-14-31(29)30-24-35(28-21-22-40-36(23-28)32-15-6-8-18-38(32)45-40)42(27-11-2-1-3-12-27)37(25-30)33-17-10-20-41-43(33)34-16-7-9-19-39(34)46-41/h1-25H. The van der Waals surface area contributed by atoms with Crippen LogP contribution in [0.15, 0.2) is 152 Å². The second-order valence-corrected chi connectivity index (χ2v) is 13.7. The van der Waals surface area contributed by atoms with Gasteiger partial charge >= 0.3 is 0 Å². The normalized spacial score (nSPS) is 11.5. The summed E-state index contributed by atoms with van der Waals surface area (Å²) < 4.78 is 5.14. The SMILES string of the molecule is N#Cc1ccccc1-c1cc(-c2ccc3sc4ccccc4c3c2)c(-c2ccccc2)c(-c2cccc3sc4ccccc4c23)c1. The molecule has 2 heterocycles. The van der Waals surface area contributed by atoms with Gasteiger partial charge in [0.05, 0.1) is 11.6 Å². The van der Waals surface area contributed by atoms with Crippen LogP contribution in [0, 0.1) is 11.3 Å². The molecule has 0 spiro atoms. The van der Waals surface area contributed by atoms with E-state index < -0.39 is 0 Å². The van der Waals surface area contributed by atoms with Gasteiger partial charge in [-0.05, 0) is 93.0 Å². The lowest BCUT2D eigenvalue weighted by Crippen LogP contribution is -1.94. The Morgan fingerprint density at radius 1 is 0.391 bits per heavy atom. The molecule has 7 aromatic carbocycles. The van der Waals surface area contributed by atoms with Crippen LogP contribution in [0.25, 0.3) is 84.9 Å². The number of nitriles is 1. The van der Waals surface area contributed by atoms with Gasteiger partial charge in [-0.2, -0.15) is 5.26 Å². The fourth-order valence-electron chi connectivity index (χ4n) is 6.88. The molecule has 9 aromatic rings. The lowest BCUT2D eigenvalue weighted by atomic mass is 9.83. The van der Waals surface area contributed by atoms with Gasteiger partial charge in [0.15, 0.2) is 0 Å². The Morgan fingerprint density at radius 3 is 1.87 bits per heavy atom. The number of benzene rings is 7. The molecule has 0 aliphatic heterocycles. The van der Waals surface area contributed by atoms with E-state index in [1.807, 2.05) is 40.9 Å². The molecule has 9 rings (SSSR count). The first-order valence-corrected chi connectivity index (χ1v) is 17.0. The highest BCUT2D eigenvalue weighted by Gasteiger charge is 2.21. The molecule has 0 saturated carbocycles. The Hall–Kier alpha value is -5.53. The molecular weight excluding hydrogens is 595 g/mol. The Labute approximate surface area is 274 Å². The number of nitrogens with zero attached hydrogens (tertiary/aromatic N) is 1. The molecule has 0 aliphatic rings. The molecule has 46 heavy (non-hydrogen) atoms. The topological polar surface area (TPSA) is 23.8 Å². The lowest BCUT2D eigenvalue weighted by molar-refractivity contribution is 1.48. The van der Waals surface area contributed by atoms with Gasteiger partial charge in [0.2, 0.25) is 0 Å². The quantitative estimate of drug-likeness (QED) is 0.192. The van der Waals surface area contributed by atoms with Crippen LogP contribution in [0.2, 0.25) is 0 Å². The first kappa shape index (κ1) is 26.8. The van der Waals surface area contributed by atoms with Crippen molar-refractivity contribution in [1.29, 1.82) is 5.26 Å². The summed E-state index contributed by atoms with van der Waals surface area (Å²) in [6.07, 6.45) is 0. The van der Waals surface area contributed by atoms with Crippen molar-refractivity contribution >= 4 is 63.0 Å². The maximum absolute atomic E-state index is 10.2. The molecule has 0 radical (unpaired) electrons. The summed E-state index contributed by atoms with van der Waals surface area (Å²) in [5.74, 6) is 0. The zero-order chi connectivity index (χ0) is 30.6. The summed E-state index contributed by atoms with van der Waals surface area (Å²) in [6.45, 7) is 0. The van der Waals surface area contributed by atoms with Crippen molar-refractivity contribution in [2.75, 3.05) is 0 Å². The number of hydrogen-bond donors (Lipinski definition) is 0. The summed E-state index contributed by atoms with van der Waals surface area (Å²) in [7, 11) is 0. The molecule has 1 nitrogen and oxygen atoms in total. The summed E-state index contributed by atoms with van der Waals surface area (Å²) in [4.78, 5) is 0. The molecule has 0 atom stereocenters. The molecule has 0 N–H and O–H groups in total. The second-order valence-electron chi connectivity index (χ2n) is 11.6. The van der Waals surface area contributed by atoms with Crippen molar-refractivity contribution < 1.29 is 0 Å². The smallest absolute Gasteiger partial charge is 0.0998 e. The zero-order valence-electron chi connectivity index (χ0n) is 24.7. The average molecular weight is 620 g/mol. The van der Waals surface area contributed by atoms with Gasteiger partial charge < -0.3 is 0 Å². The molecule has 0 saturated heterocycles. The van der Waals surface area contributed by atoms with Gasteiger partial charge in [0.1, 0.15) is 0 Å². The van der Waals surface area contributed by atoms with Crippen molar-refractivity contribution in [3.8, 4) is 50.6 Å². The Morgan fingerprint density at radius 2 is 1.02 bits per heavy atom. The second kappa shape index (κ2) is 10.8. The van der Waals surface area contributed by atoms with E-state index in [2.05, 4.69) is 140 Å². The van der Waals surface area contributed by atoms with Crippen LogP contribution in [0.5, 0.6) is 0 Å². The monoisotopic (exact) mass is 619 g/mol. The third-order valence-corrected chi connectivity index (χ3v) is 11.2. The summed E-state index contributed by atoms with van der Waals surface area (Å²) in [5, 5.41) is 15.3. The van der Waals surface area contributed by atoms with Crippen molar-refractivity contribution in [2.45, 2.75) is 0 Å². The van der Waals surface area contributed by atoms with E-state index in [-0.39, 0.29) is 0 Å². The fraction of sp³-hybridized carbons (Fsp3) is 0. The molecule has 0 aliphatic carbocycles. The predicted molar refractivity (Wildman–Crippen MR) is 199 cm³/mol. The van der Waals surface area contributed by atoms with E-state index in [1.54, 1.807) is 0 Å². The van der Waals surface area contributed by atoms with Crippen molar-refractivity contribution in [3.05, 3.63) is 157 Å². The average Bonchev–Trinajstić information content (AvgIpc) is 3.69. The largest absolute Gasteiger partial charge is 0.192 e. The highest BCUT2D eigenvalue weighted by atomic mass is 32.1. The van der Waals surface area contributed by atoms with E-state index in [4.69, 9.17) is 0 Å². The molecular formula is C43H25NS2. The molecule has 0 fully saturated rings. The Bertz CT molecular complexity index is 2650. The van der Waals surface area contributed by atoms with Crippen molar-refractivity contribution in [3.63, 3.8) is 0 Å². The third-order valence-electron chi connectivity index (χ3n) is 8.94. The maximum Gasteiger partial charge on any atom is 0.0998 e. The molecule has 214 valence electrons. The third kappa shape index (κ3) is 4.27. The molecule has 0 bridgehead atoms. The van der Waals surface area contributed by atoms with Crippen LogP contribution >= 0.6 is 22.7 Å². The van der Waals surface area contributed by atoms with Gasteiger partial charge in [0, 0.05) is 40.3 Å². The van der Waals surface area contributed by atoms with Crippen LogP contribution in [0.3, 0.4) is 0 Å². The van der Waals surface area contributed by atoms with Crippen LogP contribution in [-0.4, -0.2) is 0 Å². The van der Waals surface area contributed by atoms with E-state index in [1.165, 1.54) is 57.0 Å². The van der Waals surface area contributed by atoms with Crippen molar-refractivity contribution in [2.24, 2.45) is 0 Å². The van der Waals surface area contributed by atoms with Gasteiger partial charge in [-0.25, -0.2) is 0 Å². The Balaban J connectivity index is 1.44. The van der Waals surface area contributed by atoms with Crippen molar-refractivity contribution in [1.82, 2.24) is 0 Å². The molecule has 3 heteroatoms. The number of fused-ring (bicyclic) bond motifs is 6. The van der Waals surface area contributed by atoms with Crippen LogP contribution < -0.4 is 0 Å². The number of thiophene rings is 2. The van der Waals surface area contributed by atoms with Gasteiger partial charge in [-0.3, -0.25) is 0 Å². The first-order chi connectivity index (χ1) is 22.8. The molecule has 2 aromatic heterocycles. The lowest BCUT2D eigenvalue weighted by Gasteiger charge is -2.20.